The van der Waals surface area contributed by atoms with Crippen LogP contribution in [-0.2, 0) is 4.79 Å². The van der Waals surface area contributed by atoms with Gasteiger partial charge in [-0.2, -0.15) is 0 Å². The Morgan fingerprint density at radius 1 is 1.47 bits per heavy atom. The summed E-state index contributed by atoms with van der Waals surface area (Å²) >= 11 is 3.38. The van der Waals surface area contributed by atoms with E-state index in [2.05, 4.69) is 26.6 Å². The molecule has 0 heterocycles. The van der Waals surface area contributed by atoms with Gasteiger partial charge in [-0.25, -0.2) is 0 Å². The summed E-state index contributed by atoms with van der Waals surface area (Å²) in [6.45, 7) is 2.67. The number of carbonyl (C=O) groups excluding carboxylic acids is 1. The second-order valence-electron chi connectivity index (χ2n) is 3.36. The van der Waals surface area contributed by atoms with Gasteiger partial charge in [0, 0.05) is 23.1 Å². The molecule has 0 aromatic heterocycles. The summed E-state index contributed by atoms with van der Waals surface area (Å²) < 4.78 is 1.02. The maximum atomic E-state index is 11.4. The van der Waals surface area contributed by atoms with Crippen LogP contribution in [-0.4, -0.2) is 19.5 Å². The van der Waals surface area contributed by atoms with E-state index >= 15 is 0 Å². The van der Waals surface area contributed by atoms with Crippen molar-refractivity contribution in [3.63, 3.8) is 0 Å². The fourth-order valence-electron chi connectivity index (χ4n) is 1.22. The van der Waals surface area contributed by atoms with Crippen molar-refractivity contribution >= 4 is 27.5 Å². The first kappa shape index (κ1) is 12.2. The Bertz CT molecular complexity index is 352. The van der Waals surface area contributed by atoms with Crippen LogP contribution in [0.1, 0.15) is 12.0 Å². The Morgan fingerprint density at radius 2 is 2.20 bits per heavy atom. The molecule has 1 aromatic carbocycles. The van der Waals surface area contributed by atoms with Gasteiger partial charge in [0.25, 0.3) is 0 Å². The lowest BCUT2D eigenvalue weighted by molar-refractivity contribution is -0.116. The van der Waals surface area contributed by atoms with Crippen molar-refractivity contribution in [1.82, 2.24) is 5.32 Å². The van der Waals surface area contributed by atoms with Crippen LogP contribution in [0.5, 0.6) is 0 Å². The minimum atomic E-state index is 0.0368. The van der Waals surface area contributed by atoms with E-state index in [0.717, 1.165) is 15.7 Å². The van der Waals surface area contributed by atoms with E-state index in [4.69, 9.17) is 0 Å². The van der Waals surface area contributed by atoms with Crippen LogP contribution in [0, 0.1) is 6.92 Å². The summed E-state index contributed by atoms with van der Waals surface area (Å²) in [5, 5.41) is 5.81. The number of carbonyl (C=O) groups is 1. The fourth-order valence-corrected chi connectivity index (χ4v) is 1.69. The maximum absolute atomic E-state index is 11.4. The molecule has 82 valence electrons. The molecule has 0 radical (unpaired) electrons. The lowest BCUT2D eigenvalue weighted by Gasteiger charge is -2.08. The molecule has 0 saturated heterocycles. The topological polar surface area (TPSA) is 41.1 Å². The van der Waals surface area contributed by atoms with Crippen molar-refractivity contribution < 1.29 is 4.79 Å². The number of nitrogens with one attached hydrogen (secondary N) is 2. The molecule has 0 spiro atoms. The van der Waals surface area contributed by atoms with Gasteiger partial charge in [-0.15, -0.1) is 0 Å². The van der Waals surface area contributed by atoms with E-state index in [0.29, 0.717) is 13.0 Å². The van der Waals surface area contributed by atoms with Gasteiger partial charge in [-0.3, -0.25) is 4.79 Å². The number of benzene rings is 1. The zero-order valence-corrected chi connectivity index (χ0v) is 10.5. The van der Waals surface area contributed by atoms with Gasteiger partial charge in [-0.1, -0.05) is 15.9 Å². The SMILES string of the molecule is CNCCC(=O)Nc1ccc(Br)cc1C. The number of hydrogen-bond donors (Lipinski definition) is 2. The van der Waals surface area contributed by atoms with E-state index in [1.54, 1.807) is 0 Å². The maximum Gasteiger partial charge on any atom is 0.225 e. The van der Waals surface area contributed by atoms with E-state index in [1.807, 2.05) is 32.2 Å². The molecule has 0 atom stereocenters. The Balaban J connectivity index is 2.60. The highest BCUT2D eigenvalue weighted by Crippen LogP contribution is 2.19. The molecular formula is C11H15BrN2O. The summed E-state index contributed by atoms with van der Waals surface area (Å²) in [5.74, 6) is 0.0368. The van der Waals surface area contributed by atoms with Crippen molar-refractivity contribution in [1.29, 1.82) is 0 Å². The van der Waals surface area contributed by atoms with Crippen molar-refractivity contribution in [3.05, 3.63) is 28.2 Å². The van der Waals surface area contributed by atoms with Crippen LogP contribution >= 0.6 is 15.9 Å². The molecular weight excluding hydrogens is 256 g/mol. The Labute approximate surface area is 98.4 Å². The third kappa shape index (κ3) is 4.01. The smallest absolute Gasteiger partial charge is 0.225 e. The Kier molecular flexibility index (Phi) is 4.78. The highest BCUT2D eigenvalue weighted by atomic mass is 79.9. The lowest BCUT2D eigenvalue weighted by Crippen LogP contribution is -2.19. The lowest BCUT2D eigenvalue weighted by atomic mass is 10.2. The normalized spacial score (nSPS) is 10.1. The number of rotatable bonds is 4. The van der Waals surface area contributed by atoms with Crippen LogP contribution in [0.15, 0.2) is 22.7 Å². The van der Waals surface area contributed by atoms with Crippen molar-refractivity contribution in [2.45, 2.75) is 13.3 Å². The molecule has 0 aliphatic heterocycles. The number of anilines is 1. The fraction of sp³-hybridized carbons (Fsp3) is 0.364. The molecule has 0 bridgehead atoms. The second kappa shape index (κ2) is 5.88. The first-order valence-electron chi connectivity index (χ1n) is 4.84. The van der Waals surface area contributed by atoms with Gasteiger partial charge in [0.1, 0.15) is 0 Å². The monoisotopic (exact) mass is 270 g/mol. The number of amides is 1. The van der Waals surface area contributed by atoms with Gasteiger partial charge in [0.2, 0.25) is 5.91 Å². The Morgan fingerprint density at radius 3 is 2.80 bits per heavy atom. The number of aryl methyl sites for hydroxylation is 1. The molecule has 0 fully saturated rings. The molecule has 1 rings (SSSR count). The molecule has 0 saturated carbocycles. The molecule has 0 unspecified atom stereocenters. The van der Waals surface area contributed by atoms with Crippen molar-refractivity contribution in [2.75, 3.05) is 18.9 Å². The molecule has 1 aromatic rings. The van der Waals surface area contributed by atoms with Gasteiger partial charge in [0.15, 0.2) is 0 Å². The molecule has 4 heteroatoms. The van der Waals surface area contributed by atoms with Gasteiger partial charge in [-0.05, 0) is 37.7 Å². The predicted octanol–water partition coefficient (Wildman–Crippen LogP) is 2.31. The predicted molar refractivity (Wildman–Crippen MR) is 66.1 cm³/mol. The Hall–Kier alpha value is -0.870. The average molecular weight is 271 g/mol. The standard InChI is InChI=1S/C11H15BrN2O/c1-8-7-9(12)3-4-10(8)14-11(15)5-6-13-2/h3-4,7,13H,5-6H2,1-2H3,(H,14,15). The quantitative estimate of drug-likeness (QED) is 0.882. The van der Waals surface area contributed by atoms with E-state index in [9.17, 15) is 4.79 Å². The highest BCUT2D eigenvalue weighted by Gasteiger charge is 2.03. The summed E-state index contributed by atoms with van der Waals surface area (Å²) in [6.07, 6.45) is 0.492. The summed E-state index contributed by atoms with van der Waals surface area (Å²) in [4.78, 5) is 11.4. The van der Waals surface area contributed by atoms with Gasteiger partial charge in [0.05, 0.1) is 0 Å². The molecule has 3 nitrogen and oxygen atoms in total. The van der Waals surface area contributed by atoms with Crippen molar-refractivity contribution in [3.8, 4) is 0 Å². The average Bonchev–Trinajstić information content (AvgIpc) is 2.19. The highest BCUT2D eigenvalue weighted by molar-refractivity contribution is 9.10. The minimum Gasteiger partial charge on any atom is -0.326 e. The molecule has 1 amide bonds. The third-order valence-electron chi connectivity index (χ3n) is 2.06. The molecule has 0 aliphatic rings. The summed E-state index contributed by atoms with van der Waals surface area (Å²) in [6, 6.07) is 5.80. The largest absolute Gasteiger partial charge is 0.326 e. The minimum absolute atomic E-state index is 0.0368. The van der Waals surface area contributed by atoms with Gasteiger partial charge >= 0.3 is 0 Å². The zero-order valence-electron chi connectivity index (χ0n) is 8.93. The number of hydrogen-bond acceptors (Lipinski definition) is 2. The molecule has 2 N–H and O–H groups in total. The first-order valence-corrected chi connectivity index (χ1v) is 5.63. The second-order valence-corrected chi connectivity index (χ2v) is 4.28. The van der Waals surface area contributed by atoms with Crippen LogP contribution in [0.4, 0.5) is 5.69 Å². The first-order chi connectivity index (χ1) is 7.13. The summed E-state index contributed by atoms with van der Waals surface area (Å²) in [5.41, 5.74) is 1.93. The van der Waals surface area contributed by atoms with Crippen LogP contribution in [0.3, 0.4) is 0 Å². The van der Waals surface area contributed by atoms with Crippen LogP contribution < -0.4 is 10.6 Å². The van der Waals surface area contributed by atoms with Gasteiger partial charge < -0.3 is 10.6 Å². The number of halogens is 1. The van der Waals surface area contributed by atoms with E-state index < -0.39 is 0 Å². The van der Waals surface area contributed by atoms with Crippen molar-refractivity contribution in [2.24, 2.45) is 0 Å². The van der Waals surface area contributed by atoms with E-state index in [1.165, 1.54) is 0 Å². The van der Waals surface area contributed by atoms with E-state index in [-0.39, 0.29) is 5.91 Å². The zero-order chi connectivity index (χ0) is 11.3. The van der Waals surface area contributed by atoms with Crippen LogP contribution in [0.25, 0.3) is 0 Å². The molecule has 0 aliphatic carbocycles. The molecule has 15 heavy (non-hydrogen) atoms. The third-order valence-corrected chi connectivity index (χ3v) is 2.56. The summed E-state index contributed by atoms with van der Waals surface area (Å²) in [7, 11) is 1.83. The van der Waals surface area contributed by atoms with Crippen LogP contribution in [0.2, 0.25) is 0 Å².